The van der Waals surface area contributed by atoms with Gasteiger partial charge in [-0.05, 0) is 42.8 Å². The van der Waals surface area contributed by atoms with Crippen molar-refractivity contribution >= 4 is 52.5 Å². The van der Waals surface area contributed by atoms with Gasteiger partial charge in [0, 0.05) is 6.08 Å². The largest absolute Gasteiger partial charge is 0.494 e. The van der Waals surface area contributed by atoms with Crippen LogP contribution in [0.3, 0.4) is 0 Å². The first-order chi connectivity index (χ1) is 11.0. The highest BCUT2D eigenvalue weighted by Gasteiger charge is 2.07. The fraction of sp³-hybridized carbons (Fsp3) is 0.118. The predicted octanol–water partition coefficient (Wildman–Crippen LogP) is 5.70. The molecule has 0 spiro atoms. The Balaban J connectivity index is 2.03. The van der Waals surface area contributed by atoms with E-state index in [1.165, 1.54) is 18.2 Å². The van der Waals surface area contributed by atoms with Gasteiger partial charge >= 0.3 is 0 Å². The Morgan fingerprint density at radius 3 is 2.39 bits per heavy atom. The van der Waals surface area contributed by atoms with E-state index < -0.39 is 0 Å². The van der Waals surface area contributed by atoms with Gasteiger partial charge in [0.25, 0.3) is 0 Å². The van der Waals surface area contributed by atoms with Crippen molar-refractivity contribution in [3.05, 3.63) is 63.1 Å². The fourth-order valence-corrected chi connectivity index (χ4v) is 2.40. The number of carbonyl (C=O) groups is 1. The first kappa shape index (κ1) is 17.7. The molecule has 2 rings (SSSR count). The fourth-order valence-electron chi connectivity index (χ4n) is 1.81. The summed E-state index contributed by atoms with van der Waals surface area (Å²) >= 11 is 17.8. The summed E-state index contributed by atoms with van der Waals surface area (Å²) in [5, 5.41) is 3.63. The number of hydrogen-bond acceptors (Lipinski definition) is 2. The minimum Gasteiger partial charge on any atom is -0.494 e. The minimum atomic E-state index is -0.320. The number of rotatable bonds is 5. The molecule has 1 N–H and O–H groups in total. The molecule has 0 aliphatic heterocycles. The van der Waals surface area contributed by atoms with Gasteiger partial charge in [-0.1, -0.05) is 46.9 Å². The Kier molecular flexibility index (Phi) is 6.34. The number of carbonyl (C=O) groups excluding carboxylic acids is 1. The van der Waals surface area contributed by atoms with Crippen LogP contribution in [0.1, 0.15) is 12.5 Å². The summed E-state index contributed by atoms with van der Waals surface area (Å²) in [6.45, 7) is 2.54. The maximum absolute atomic E-state index is 11.9. The summed E-state index contributed by atoms with van der Waals surface area (Å²) in [5.41, 5.74) is 1.28. The minimum absolute atomic E-state index is 0.320. The standard InChI is InChI=1S/C17H14Cl3NO2/c1-2-23-12-6-3-11(4-7-12)5-8-17(22)21-16-10-14(19)13(18)9-15(16)20/h3-10H,2H2,1H3,(H,21,22)/b8-5+. The lowest BCUT2D eigenvalue weighted by atomic mass is 10.2. The van der Waals surface area contributed by atoms with Gasteiger partial charge in [0.15, 0.2) is 0 Å². The van der Waals surface area contributed by atoms with Gasteiger partial charge in [-0.25, -0.2) is 0 Å². The molecule has 6 heteroatoms. The predicted molar refractivity (Wildman–Crippen MR) is 96.7 cm³/mol. The molecule has 0 aliphatic rings. The van der Waals surface area contributed by atoms with Gasteiger partial charge in [0.1, 0.15) is 5.75 Å². The van der Waals surface area contributed by atoms with Crippen molar-refractivity contribution < 1.29 is 9.53 Å². The summed E-state index contributed by atoms with van der Waals surface area (Å²) in [5.74, 6) is 0.468. The Morgan fingerprint density at radius 2 is 1.74 bits per heavy atom. The van der Waals surface area contributed by atoms with Crippen LogP contribution in [0.25, 0.3) is 6.08 Å². The molecule has 3 nitrogen and oxygen atoms in total. The van der Waals surface area contributed by atoms with E-state index in [1.807, 2.05) is 31.2 Å². The molecule has 0 heterocycles. The van der Waals surface area contributed by atoms with Crippen molar-refractivity contribution in [3.8, 4) is 5.75 Å². The number of hydrogen-bond donors (Lipinski definition) is 1. The SMILES string of the molecule is CCOc1ccc(/C=C/C(=O)Nc2cc(Cl)c(Cl)cc2Cl)cc1. The van der Waals surface area contributed by atoms with E-state index in [-0.39, 0.29) is 5.91 Å². The Morgan fingerprint density at radius 1 is 1.09 bits per heavy atom. The second-order valence-electron chi connectivity index (χ2n) is 4.57. The van der Waals surface area contributed by atoms with E-state index in [1.54, 1.807) is 6.08 Å². The highest BCUT2D eigenvalue weighted by molar-refractivity contribution is 6.44. The summed E-state index contributed by atoms with van der Waals surface area (Å²) in [4.78, 5) is 11.9. The van der Waals surface area contributed by atoms with Crippen LogP contribution in [-0.4, -0.2) is 12.5 Å². The molecule has 0 aliphatic carbocycles. The van der Waals surface area contributed by atoms with Gasteiger partial charge in [0.05, 0.1) is 27.4 Å². The molecule has 0 unspecified atom stereocenters. The third-order valence-corrected chi connectivity index (χ3v) is 3.92. The summed E-state index contributed by atoms with van der Waals surface area (Å²) in [6.07, 6.45) is 3.10. The van der Waals surface area contributed by atoms with Gasteiger partial charge in [0.2, 0.25) is 5.91 Å². The van der Waals surface area contributed by atoms with Crippen LogP contribution >= 0.6 is 34.8 Å². The van der Waals surface area contributed by atoms with Crippen molar-refractivity contribution in [2.75, 3.05) is 11.9 Å². The van der Waals surface area contributed by atoms with E-state index >= 15 is 0 Å². The van der Waals surface area contributed by atoms with Crippen LogP contribution in [0, 0.1) is 0 Å². The second kappa shape index (κ2) is 8.25. The van der Waals surface area contributed by atoms with Crippen molar-refractivity contribution in [1.29, 1.82) is 0 Å². The molecule has 0 radical (unpaired) electrons. The maximum atomic E-state index is 11.9. The maximum Gasteiger partial charge on any atom is 0.248 e. The van der Waals surface area contributed by atoms with Crippen LogP contribution in [0.2, 0.25) is 15.1 Å². The third-order valence-electron chi connectivity index (χ3n) is 2.89. The van der Waals surface area contributed by atoms with E-state index in [9.17, 15) is 4.79 Å². The zero-order chi connectivity index (χ0) is 16.8. The number of amides is 1. The lowest BCUT2D eigenvalue weighted by Crippen LogP contribution is -2.08. The monoisotopic (exact) mass is 369 g/mol. The molecule has 0 atom stereocenters. The normalized spacial score (nSPS) is 10.8. The molecule has 2 aromatic carbocycles. The molecule has 2 aromatic rings. The zero-order valence-electron chi connectivity index (χ0n) is 12.3. The Hall–Kier alpha value is -1.68. The molecular formula is C17H14Cl3NO2. The van der Waals surface area contributed by atoms with Crippen LogP contribution in [0.4, 0.5) is 5.69 Å². The van der Waals surface area contributed by atoms with E-state index in [4.69, 9.17) is 39.5 Å². The van der Waals surface area contributed by atoms with Crippen LogP contribution in [0.15, 0.2) is 42.5 Å². The topological polar surface area (TPSA) is 38.3 Å². The average Bonchev–Trinajstić information content (AvgIpc) is 2.52. The lowest BCUT2D eigenvalue weighted by Gasteiger charge is -2.06. The molecule has 0 aromatic heterocycles. The van der Waals surface area contributed by atoms with Gasteiger partial charge in [-0.2, -0.15) is 0 Å². The molecule has 0 saturated heterocycles. The van der Waals surface area contributed by atoms with E-state index in [0.717, 1.165) is 11.3 Å². The molecule has 0 bridgehead atoms. The van der Waals surface area contributed by atoms with Crippen molar-refractivity contribution in [2.24, 2.45) is 0 Å². The Bertz CT molecular complexity index is 727. The first-order valence-electron chi connectivity index (χ1n) is 6.86. The van der Waals surface area contributed by atoms with Crippen LogP contribution in [0.5, 0.6) is 5.75 Å². The van der Waals surface area contributed by atoms with Crippen LogP contribution < -0.4 is 10.1 Å². The average molecular weight is 371 g/mol. The molecule has 1 amide bonds. The number of ether oxygens (including phenoxy) is 1. The zero-order valence-corrected chi connectivity index (χ0v) is 14.5. The van der Waals surface area contributed by atoms with Crippen molar-refractivity contribution in [3.63, 3.8) is 0 Å². The summed E-state index contributed by atoms with van der Waals surface area (Å²) < 4.78 is 5.36. The van der Waals surface area contributed by atoms with Crippen molar-refractivity contribution in [2.45, 2.75) is 6.92 Å². The molecular weight excluding hydrogens is 357 g/mol. The highest BCUT2D eigenvalue weighted by Crippen LogP contribution is 2.32. The van der Waals surface area contributed by atoms with E-state index in [2.05, 4.69) is 5.32 Å². The van der Waals surface area contributed by atoms with E-state index in [0.29, 0.717) is 27.4 Å². The highest BCUT2D eigenvalue weighted by atomic mass is 35.5. The quantitative estimate of drug-likeness (QED) is 0.542. The Labute approximate surface area is 149 Å². The third kappa shape index (κ3) is 5.17. The second-order valence-corrected chi connectivity index (χ2v) is 5.79. The number of anilines is 1. The smallest absolute Gasteiger partial charge is 0.248 e. The number of benzene rings is 2. The number of nitrogens with one attached hydrogen (secondary N) is 1. The molecule has 23 heavy (non-hydrogen) atoms. The number of halogens is 3. The summed E-state index contributed by atoms with van der Waals surface area (Å²) in [6, 6.07) is 10.4. The van der Waals surface area contributed by atoms with Gasteiger partial charge in [-0.3, -0.25) is 4.79 Å². The molecule has 0 fully saturated rings. The van der Waals surface area contributed by atoms with Gasteiger partial charge in [-0.15, -0.1) is 0 Å². The molecule has 120 valence electrons. The summed E-state index contributed by atoms with van der Waals surface area (Å²) in [7, 11) is 0. The molecule has 0 saturated carbocycles. The van der Waals surface area contributed by atoms with Crippen LogP contribution in [-0.2, 0) is 4.79 Å². The van der Waals surface area contributed by atoms with Gasteiger partial charge < -0.3 is 10.1 Å². The first-order valence-corrected chi connectivity index (χ1v) is 7.99. The van der Waals surface area contributed by atoms with Crippen molar-refractivity contribution in [1.82, 2.24) is 0 Å². The lowest BCUT2D eigenvalue weighted by molar-refractivity contribution is -0.111.